The SMILES string of the molecule is CCc1c(NC[C@H](N)C(=O)OC(C)(C)C)ncnc1N1CCC(c2ccc3c(n2)NCCC3)CC1.CCc1c(NC[C@H](NC(=O)OCC23CC4CC(CC(C4)C2)C3)C(=O)OC(C)(C)C)ncnc1N1CCC(c2ccc3c(n2)NCCC3)CC1.O=C(OCC12CC3CC(CC(C3)C1)C2)ON1C(=O)CCC1=O. The second-order valence-corrected chi connectivity index (χ2v) is 34.6. The Morgan fingerprint density at radius 1 is 0.566 bits per heavy atom. The molecule has 8 bridgehead atoms. The number of ether oxygens (including phenoxy) is 4. The quantitative estimate of drug-likeness (QED) is 0.0272. The van der Waals surface area contributed by atoms with Crippen molar-refractivity contribution in [2.45, 2.75) is 245 Å². The van der Waals surface area contributed by atoms with Gasteiger partial charge < -0.3 is 61.1 Å². The van der Waals surface area contributed by atoms with Crippen LogP contribution in [-0.4, -0.2) is 160 Å². The number of fused-ring (bicyclic) bond motifs is 2. The Labute approximate surface area is 624 Å². The molecule has 11 fully saturated rings. The van der Waals surface area contributed by atoms with E-state index in [0.29, 0.717) is 42.4 Å². The van der Waals surface area contributed by atoms with Crippen LogP contribution in [0.4, 0.5) is 44.5 Å². The van der Waals surface area contributed by atoms with E-state index in [4.69, 9.17) is 44.5 Å². The topological polar surface area (TPSA) is 322 Å². The van der Waals surface area contributed by atoms with Crippen LogP contribution >= 0.6 is 0 Å². The minimum atomic E-state index is -0.944. The van der Waals surface area contributed by atoms with Crippen molar-refractivity contribution < 1.29 is 52.6 Å². The number of hydroxylamine groups is 2. The molecule has 3 amide bonds. The smallest absolute Gasteiger partial charge is 0.459 e. The zero-order valence-electron chi connectivity index (χ0n) is 63.9. The predicted molar refractivity (Wildman–Crippen MR) is 403 cm³/mol. The summed E-state index contributed by atoms with van der Waals surface area (Å²) in [6.45, 7) is 21.9. The number of aryl methyl sites for hydroxylation is 2. The second-order valence-electron chi connectivity index (χ2n) is 34.6. The fourth-order valence-electron chi connectivity index (χ4n) is 20.0. The molecule has 2 atom stereocenters. The van der Waals surface area contributed by atoms with Gasteiger partial charge in [0.25, 0.3) is 11.8 Å². The van der Waals surface area contributed by atoms with Crippen molar-refractivity contribution in [3.8, 4) is 0 Å². The number of piperidine rings is 2. The highest BCUT2D eigenvalue weighted by Crippen LogP contribution is 2.61. The van der Waals surface area contributed by atoms with Crippen molar-refractivity contribution in [2.75, 3.05) is 96.6 Å². The lowest BCUT2D eigenvalue weighted by Crippen LogP contribution is -2.51. The van der Waals surface area contributed by atoms with Crippen molar-refractivity contribution in [3.63, 3.8) is 0 Å². The number of nitrogens with one attached hydrogen (secondary N) is 5. The lowest BCUT2D eigenvalue weighted by molar-refractivity contribution is -0.179. The molecule has 8 saturated carbocycles. The summed E-state index contributed by atoms with van der Waals surface area (Å²) in [4.78, 5) is 111. The average Bonchev–Trinajstić information content (AvgIpc) is 0.853. The molecule has 0 aromatic carbocycles. The summed E-state index contributed by atoms with van der Waals surface area (Å²) in [5.41, 5.74) is 12.0. The van der Waals surface area contributed by atoms with E-state index in [1.54, 1.807) is 12.7 Å². The van der Waals surface area contributed by atoms with E-state index in [1.807, 2.05) is 41.5 Å². The van der Waals surface area contributed by atoms with E-state index in [-0.39, 0.29) is 36.8 Å². The number of rotatable bonds is 20. The van der Waals surface area contributed by atoms with Crippen LogP contribution in [0.5, 0.6) is 0 Å². The van der Waals surface area contributed by atoms with Gasteiger partial charge in [-0.1, -0.05) is 31.0 Å². The van der Waals surface area contributed by atoms with Crippen LogP contribution in [0.3, 0.4) is 0 Å². The van der Waals surface area contributed by atoms with Crippen LogP contribution in [0.1, 0.15) is 229 Å². The van der Waals surface area contributed by atoms with Gasteiger partial charge in [0.05, 0.1) is 6.61 Å². The monoisotopic (exact) mass is 1460 g/mol. The zero-order chi connectivity index (χ0) is 74.5. The average molecular weight is 1460 g/mol. The van der Waals surface area contributed by atoms with Crippen LogP contribution in [0.15, 0.2) is 36.9 Å². The van der Waals surface area contributed by atoms with Gasteiger partial charge in [-0.25, -0.2) is 44.3 Å². The lowest BCUT2D eigenvalue weighted by Gasteiger charge is -2.56. The Morgan fingerprint density at radius 2 is 0.981 bits per heavy atom. The molecule has 5 aliphatic heterocycles. The summed E-state index contributed by atoms with van der Waals surface area (Å²) in [7, 11) is 0. The van der Waals surface area contributed by atoms with Gasteiger partial charge in [-0.2, -0.15) is 0 Å². The molecule has 0 radical (unpaired) electrons. The van der Waals surface area contributed by atoms with Gasteiger partial charge in [-0.05, 0) is 242 Å². The molecule has 13 aliphatic rings. The first kappa shape index (κ1) is 76.1. The summed E-state index contributed by atoms with van der Waals surface area (Å²) in [6.07, 6.45) is 26.8. The molecule has 3 saturated heterocycles. The van der Waals surface area contributed by atoms with Crippen molar-refractivity contribution in [1.82, 2.24) is 40.3 Å². The molecular weight excluding hydrogens is 1350 g/mol. The van der Waals surface area contributed by atoms with Gasteiger partial charge in [-0.3, -0.25) is 19.2 Å². The summed E-state index contributed by atoms with van der Waals surface area (Å²) in [6, 6.07) is 7.20. The maximum Gasteiger partial charge on any atom is 0.533 e. The zero-order valence-corrected chi connectivity index (χ0v) is 63.9. The standard InChI is InChI=1S/C38H55N7O4.C26H39N7O2.C16H21NO5/c1-5-29-33(41-23-42-34(29)45-13-10-27(11-14-45)30-9-8-28-7-6-12-39-32(28)43-30)40-21-31(35(46)49-37(2,3)4)44-36(47)48-22-38-18-24-15-25(19-38)17-26(16-24)20-38;1-5-19-23(29-15-20(27)25(34)35-26(2,3)4)30-16-31-24(19)33-13-10-17(11-14-33)21-9-8-18-7-6-12-28-22(18)32-21;18-13-1-2-14(19)17(13)22-15(20)21-9-16-6-10-3-11(7-16)5-12(4-10)8-16/h8-9,23-27,31H,5-7,10-22H2,1-4H3,(H,39,43)(H,44,47)(H,40,41,42);8-9,16-17,20H,5-7,10-15,27H2,1-4H3,(H,28,32)(H,29,30,31);10-12H,1-9H2/t24?,25?,26?,31-,38?;20-;/m00./s1. The van der Waals surface area contributed by atoms with Gasteiger partial charge >= 0.3 is 24.2 Å². The number of carbonyl (C=O) groups is 6. The molecule has 8 aliphatic carbocycles. The van der Waals surface area contributed by atoms with Gasteiger partial charge in [0.2, 0.25) is 0 Å². The number of alkyl carbamates (subject to hydrolysis) is 1. The number of pyridine rings is 2. The van der Waals surface area contributed by atoms with E-state index in [2.05, 4.69) is 89.4 Å². The van der Waals surface area contributed by atoms with E-state index in [0.717, 1.165) is 205 Å². The van der Waals surface area contributed by atoms with E-state index < -0.39 is 59.3 Å². The number of carbonyl (C=O) groups excluding carboxylic acids is 6. The molecule has 26 nitrogen and oxygen atoms in total. The number of nitrogens with two attached hydrogens (primary N) is 1. The van der Waals surface area contributed by atoms with Crippen molar-refractivity contribution in [1.29, 1.82) is 0 Å². The van der Waals surface area contributed by atoms with E-state index in [9.17, 15) is 28.8 Å². The Kier molecular flexibility index (Phi) is 23.5. The number of aromatic nitrogens is 6. The number of hydrogen-bond donors (Lipinski definition) is 6. The minimum Gasteiger partial charge on any atom is -0.459 e. The maximum atomic E-state index is 13.4. The maximum absolute atomic E-state index is 13.4. The minimum absolute atomic E-state index is 0.0983. The van der Waals surface area contributed by atoms with Gasteiger partial charge in [-0.15, -0.1) is 0 Å². The van der Waals surface area contributed by atoms with Crippen LogP contribution in [0.25, 0.3) is 0 Å². The van der Waals surface area contributed by atoms with Crippen LogP contribution < -0.4 is 42.1 Å². The largest absolute Gasteiger partial charge is 0.533 e. The molecule has 4 aromatic rings. The fourth-order valence-corrected chi connectivity index (χ4v) is 20.0. The van der Waals surface area contributed by atoms with Crippen molar-refractivity contribution >= 4 is 70.9 Å². The molecule has 7 N–H and O–H groups in total. The molecule has 26 heteroatoms. The summed E-state index contributed by atoms with van der Waals surface area (Å²) >= 11 is 0. The van der Waals surface area contributed by atoms with Gasteiger partial charge in [0.1, 0.15) is 77.5 Å². The molecule has 0 spiro atoms. The number of anilines is 6. The number of esters is 2. The molecule has 106 heavy (non-hydrogen) atoms. The first-order valence-corrected chi connectivity index (χ1v) is 39.8. The second kappa shape index (κ2) is 32.7. The Balaban J connectivity index is 0.000000152. The molecule has 576 valence electrons. The van der Waals surface area contributed by atoms with E-state index in [1.165, 1.54) is 67.5 Å². The highest BCUT2D eigenvalue weighted by molar-refractivity contribution is 6.01. The van der Waals surface area contributed by atoms with Crippen molar-refractivity contribution in [2.24, 2.45) is 52.1 Å². The molecule has 0 unspecified atom stereocenters. The first-order valence-electron chi connectivity index (χ1n) is 39.8. The lowest BCUT2D eigenvalue weighted by atomic mass is 9.50. The van der Waals surface area contributed by atoms with Gasteiger partial charge in [0.15, 0.2) is 0 Å². The molecule has 9 heterocycles. The number of hydrogen-bond acceptors (Lipinski definition) is 24. The van der Waals surface area contributed by atoms with Crippen LogP contribution in [0.2, 0.25) is 0 Å². The summed E-state index contributed by atoms with van der Waals surface area (Å²) in [5, 5.41) is 16.9. The van der Waals surface area contributed by atoms with Gasteiger partial charge in [0, 0.05) is 110 Å². The van der Waals surface area contributed by atoms with E-state index >= 15 is 0 Å². The third-order valence-corrected chi connectivity index (χ3v) is 24.0. The number of imide groups is 1. The molecular formula is C80H115N15O11. The molecule has 4 aromatic heterocycles. The highest BCUT2D eigenvalue weighted by atomic mass is 16.8. The normalized spacial score (nSPS) is 26.3. The summed E-state index contributed by atoms with van der Waals surface area (Å²) < 4.78 is 22.3. The Bertz CT molecular complexity index is 3720. The molecule has 17 rings (SSSR count). The van der Waals surface area contributed by atoms with Crippen LogP contribution in [-0.2, 0) is 68.6 Å². The number of amides is 3. The highest BCUT2D eigenvalue weighted by Gasteiger charge is 2.53. The number of nitrogens with zero attached hydrogens (tertiary/aromatic N) is 9. The fraction of sp³-hybridized carbons (Fsp3) is 0.700. The first-order chi connectivity index (χ1) is 50.8. The van der Waals surface area contributed by atoms with Crippen molar-refractivity contribution in [3.05, 3.63) is 70.6 Å². The predicted octanol–water partition coefficient (Wildman–Crippen LogP) is 11.9. The van der Waals surface area contributed by atoms with Crippen LogP contribution in [0, 0.1) is 46.3 Å². The third kappa shape index (κ3) is 18.7. The Hall–Kier alpha value is -8.16. The third-order valence-electron chi connectivity index (χ3n) is 24.0. The Morgan fingerprint density at radius 3 is 1.41 bits per heavy atom. The summed E-state index contributed by atoms with van der Waals surface area (Å²) in [5.74, 6) is 9.04.